The summed E-state index contributed by atoms with van der Waals surface area (Å²) in [5.41, 5.74) is 1.77. The van der Waals surface area contributed by atoms with Crippen LogP contribution < -0.4 is 10.6 Å². The van der Waals surface area contributed by atoms with Crippen molar-refractivity contribution in [3.8, 4) is 0 Å². The molecule has 0 aromatic heterocycles. The highest BCUT2D eigenvalue weighted by Crippen LogP contribution is 2.24. The highest BCUT2D eigenvalue weighted by Gasteiger charge is 2.26. The van der Waals surface area contributed by atoms with Gasteiger partial charge in [-0.1, -0.05) is 12.1 Å². The molecule has 2 fully saturated rings. The number of benzene rings is 1. The minimum atomic E-state index is -0.745. The molecule has 7 nitrogen and oxygen atoms in total. The van der Waals surface area contributed by atoms with E-state index in [1.54, 1.807) is 0 Å². The molecule has 1 aromatic rings. The van der Waals surface area contributed by atoms with Crippen LogP contribution in [-0.2, 0) is 16.0 Å². The Labute approximate surface area is 165 Å². The summed E-state index contributed by atoms with van der Waals surface area (Å²) in [5, 5.41) is 14.8. The van der Waals surface area contributed by atoms with Crippen LogP contribution in [0.4, 0.5) is 10.5 Å². The third kappa shape index (κ3) is 5.71. The fourth-order valence-electron chi connectivity index (χ4n) is 3.97. The normalized spacial score (nSPS) is 21.9. The molecule has 0 spiro atoms. The van der Waals surface area contributed by atoms with Crippen LogP contribution in [0.25, 0.3) is 0 Å². The maximum Gasteiger partial charge on any atom is 0.319 e. The predicted octanol–water partition coefficient (Wildman–Crippen LogP) is 3.01. The molecule has 1 heterocycles. The first kappa shape index (κ1) is 20.2. The number of rotatable bonds is 6. The van der Waals surface area contributed by atoms with E-state index in [9.17, 15) is 14.4 Å². The molecule has 1 aliphatic carbocycles. The Morgan fingerprint density at radius 2 is 1.64 bits per heavy atom. The quantitative estimate of drug-likeness (QED) is 0.699. The molecule has 3 N–H and O–H groups in total. The van der Waals surface area contributed by atoms with Crippen LogP contribution in [0.15, 0.2) is 24.3 Å². The second kappa shape index (κ2) is 9.57. The number of likely N-dealkylation sites (tertiary alicyclic amines) is 1. The molecule has 152 valence electrons. The largest absolute Gasteiger partial charge is 0.481 e. The number of hydrogen-bond donors (Lipinski definition) is 3. The Morgan fingerprint density at radius 3 is 2.25 bits per heavy atom. The number of hydrogen-bond acceptors (Lipinski definition) is 3. The summed E-state index contributed by atoms with van der Waals surface area (Å²) >= 11 is 0. The van der Waals surface area contributed by atoms with Crippen LogP contribution >= 0.6 is 0 Å². The lowest BCUT2D eigenvalue weighted by Crippen LogP contribution is -2.40. The van der Waals surface area contributed by atoms with Gasteiger partial charge in [0.1, 0.15) is 0 Å². The standard InChI is InChI=1S/C21H29N3O4/c25-19(24-13-1-2-14-24)12-5-15-3-8-17(9-4-15)22-21(28)23-18-10-6-16(7-11-18)20(26)27/h3-4,8-9,16,18H,1-2,5-7,10-14H2,(H,26,27)(H2,22,23,28). The van der Waals surface area contributed by atoms with Crippen molar-refractivity contribution in [3.63, 3.8) is 0 Å². The number of urea groups is 1. The molecule has 0 radical (unpaired) electrons. The number of nitrogens with zero attached hydrogens (tertiary/aromatic N) is 1. The van der Waals surface area contributed by atoms with Gasteiger partial charge in [-0.3, -0.25) is 9.59 Å². The Kier molecular flexibility index (Phi) is 6.90. The lowest BCUT2D eigenvalue weighted by molar-refractivity contribution is -0.142. The summed E-state index contributed by atoms with van der Waals surface area (Å²) in [5.74, 6) is -0.812. The maximum absolute atomic E-state index is 12.2. The molecule has 2 aliphatic rings. The Bertz CT molecular complexity index is 690. The van der Waals surface area contributed by atoms with Crippen molar-refractivity contribution in [1.82, 2.24) is 10.2 Å². The van der Waals surface area contributed by atoms with E-state index in [2.05, 4.69) is 10.6 Å². The Hall–Kier alpha value is -2.57. The van der Waals surface area contributed by atoms with Gasteiger partial charge in [-0.15, -0.1) is 0 Å². The average Bonchev–Trinajstić information content (AvgIpc) is 3.22. The van der Waals surface area contributed by atoms with Crippen LogP contribution in [0, 0.1) is 5.92 Å². The van der Waals surface area contributed by atoms with Crippen molar-refractivity contribution in [2.24, 2.45) is 5.92 Å². The molecule has 7 heteroatoms. The zero-order valence-corrected chi connectivity index (χ0v) is 16.2. The third-order valence-corrected chi connectivity index (χ3v) is 5.71. The van der Waals surface area contributed by atoms with E-state index >= 15 is 0 Å². The van der Waals surface area contributed by atoms with E-state index in [4.69, 9.17) is 5.11 Å². The predicted molar refractivity (Wildman–Crippen MR) is 106 cm³/mol. The molecular weight excluding hydrogens is 358 g/mol. The number of carbonyl (C=O) groups is 3. The van der Waals surface area contributed by atoms with Gasteiger partial charge >= 0.3 is 12.0 Å². The first-order valence-electron chi connectivity index (χ1n) is 10.2. The van der Waals surface area contributed by atoms with Gasteiger partial charge in [0.25, 0.3) is 0 Å². The Balaban J connectivity index is 1.39. The monoisotopic (exact) mass is 387 g/mol. The molecule has 1 aromatic carbocycles. The van der Waals surface area contributed by atoms with Crippen LogP contribution in [-0.4, -0.2) is 47.0 Å². The molecule has 28 heavy (non-hydrogen) atoms. The van der Waals surface area contributed by atoms with Gasteiger partial charge < -0.3 is 20.6 Å². The topological polar surface area (TPSA) is 98.7 Å². The molecule has 1 saturated heterocycles. The summed E-state index contributed by atoms with van der Waals surface area (Å²) in [7, 11) is 0. The summed E-state index contributed by atoms with van der Waals surface area (Å²) in [6, 6.07) is 7.31. The number of nitrogens with one attached hydrogen (secondary N) is 2. The number of carbonyl (C=O) groups excluding carboxylic acids is 2. The van der Waals surface area contributed by atoms with Crippen molar-refractivity contribution in [2.45, 2.75) is 57.4 Å². The van der Waals surface area contributed by atoms with Gasteiger partial charge in [0, 0.05) is 31.2 Å². The van der Waals surface area contributed by atoms with E-state index < -0.39 is 5.97 Å². The number of carboxylic acid groups (broad SMARTS) is 1. The van der Waals surface area contributed by atoms with Gasteiger partial charge in [-0.25, -0.2) is 4.79 Å². The summed E-state index contributed by atoms with van der Waals surface area (Å²) in [4.78, 5) is 37.2. The molecule has 0 atom stereocenters. The van der Waals surface area contributed by atoms with Gasteiger partial charge in [0.05, 0.1) is 5.92 Å². The first-order valence-corrected chi connectivity index (χ1v) is 10.2. The highest BCUT2D eigenvalue weighted by atomic mass is 16.4. The highest BCUT2D eigenvalue weighted by molar-refractivity contribution is 5.89. The van der Waals surface area contributed by atoms with Crippen molar-refractivity contribution in [2.75, 3.05) is 18.4 Å². The Morgan fingerprint density at radius 1 is 1.00 bits per heavy atom. The van der Waals surface area contributed by atoms with Crippen LogP contribution in [0.1, 0.15) is 50.5 Å². The van der Waals surface area contributed by atoms with Gasteiger partial charge in [-0.2, -0.15) is 0 Å². The SMILES string of the molecule is O=C(Nc1ccc(CCC(=O)N2CCCC2)cc1)NC1CCC(C(=O)O)CC1. The molecule has 3 amide bonds. The van der Waals surface area contributed by atoms with Crippen LogP contribution in [0.2, 0.25) is 0 Å². The maximum atomic E-state index is 12.2. The molecule has 3 rings (SSSR count). The fraction of sp³-hybridized carbons (Fsp3) is 0.571. The number of amides is 3. The van der Waals surface area contributed by atoms with Crippen LogP contribution in [0.5, 0.6) is 0 Å². The minimum Gasteiger partial charge on any atom is -0.481 e. The molecule has 0 bridgehead atoms. The molecule has 0 unspecified atom stereocenters. The first-order chi connectivity index (χ1) is 13.5. The van der Waals surface area contributed by atoms with E-state index in [-0.39, 0.29) is 23.9 Å². The fourth-order valence-corrected chi connectivity index (χ4v) is 3.97. The lowest BCUT2D eigenvalue weighted by atomic mass is 9.86. The molecular formula is C21H29N3O4. The van der Waals surface area contributed by atoms with E-state index in [1.807, 2.05) is 29.2 Å². The van der Waals surface area contributed by atoms with Crippen molar-refractivity contribution in [1.29, 1.82) is 0 Å². The summed E-state index contributed by atoms with van der Waals surface area (Å²) in [6.45, 7) is 1.77. The third-order valence-electron chi connectivity index (χ3n) is 5.71. The number of aliphatic carboxylic acids is 1. The summed E-state index contributed by atoms with van der Waals surface area (Å²) in [6.07, 6.45) is 6.02. The number of aryl methyl sites for hydroxylation is 1. The smallest absolute Gasteiger partial charge is 0.319 e. The van der Waals surface area contributed by atoms with E-state index in [0.29, 0.717) is 44.2 Å². The second-order valence-corrected chi connectivity index (χ2v) is 7.77. The zero-order chi connectivity index (χ0) is 19.9. The second-order valence-electron chi connectivity index (χ2n) is 7.77. The summed E-state index contributed by atoms with van der Waals surface area (Å²) < 4.78 is 0. The van der Waals surface area contributed by atoms with Gasteiger partial charge in [-0.05, 0) is 62.6 Å². The van der Waals surface area contributed by atoms with Crippen molar-refractivity contribution < 1.29 is 19.5 Å². The zero-order valence-electron chi connectivity index (χ0n) is 16.2. The number of anilines is 1. The lowest BCUT2D eigenvalue weighted by Gasteiger charge is -2.26. The van der Waals surface area contributed by atoms with Gasteiger partial charge in [0.15, 0.2) is 0 Å². The van der Waals surface area contributed by atoms with E-state index in [0.717, 1.165) is 31.5 Å². The van der Waals surface area contributed by atoms with Gasteiger partial charge in [0.2, 0.25) is 5.91 Å². The molecule has 1 saturated carbocycles. The minimum absolute atomic E-state index is 0.0199. The molecule has 1 aliphatic heterocycles. The number of carboxylic acids is 1. The van der Waals surface area contributed by atoms with Crippen LogP contribution in [0.3, 0.4) is 0 Å². The van der Waals surface area contributed by atoms with Crippen molar-refractivity contribution >= 4 is 23.6 Å². The van der Waals surface area contributed by atoms with E-state index in [1.165, 1.54) is 0 Å². The average molecular weight is 387 g/mol. The van der Waals surface area contributed by atoms with Crippen molar-refractivity contribution in [3.05, 3.63) is 29.8 Å².